The summed E-state index contributed by atoms with van der Waals surface area (Å²) in [4.78, 5) is 0. The van der Waals surface area contributed by atoms with Crippen LogP contribution >= 0.6 is 0 Å². The Bertz CT molecular complexity index is 336. The lowest BCUT2D eigenvalue weighted by Crippen LogP contribution is -2.11. The monoisotopic (exact) mass is 175 g/mol. The average Bonchev–Trinajstić information content (AvgIpc) is 2.03. The molecule has 0 atom stereocenters. The van der Waals surface area contributed by atoms with Gasteiger partial charge in [-0.15, -0.1) is 0 Å². The zero-order chi connectivity index (χ0) is 9.90. The summed E-state index contributed by atoms with van der Waals surface area (Å²) in [6.07, 6.45) is 0.665. The minimum Gasteiger partial charge on any atom is -0.508 e. The van der Waals surface area contributed by atoms with Crippen molar-refractivity contribution in [3.05, 3.63) is 29.8 Å². The Morgan fingerprint density at radius 1 is 1.46 bits per heavy atom. The molecule has 0 aliphatic carbocycles. The fourth-order valence-corrected chi connectivity index (χ4v) is 1.22. The van der Waals surface area contributed by atoms with Gasteiger partial charge in [0.2, 0.25) is 0 Å². The van der Waals surface area contributed by atoms with Crippen molar-refractivity contribution >= 4 is 0 Å². The lowest BCUT2D eigenvalue weighted by atomic mass is 9.87. The van der Waals surface area contributed by atoms with Crippen LogP contribution in [0.5, 0.6) is 5.75 Å². The first-order valence-corrected chi connectivity index (χ1v) is 4.23. The van der Waals surface area contributed by atoms with E-state index in [2.05, 4.69) is 6.07 Å². The number of benzene rings is 1. The first-order chi connectivity index (χ1) is 6.03. The predicted molar refractivity (Wildman–Crippen MR) is 51.2 cm³/mol. The Morgan fingerprint density at radius 3 is 2.69 bits per heavy atom. The molecular formula is C11H13NO. The van der Waals surface area contributed by atoms with Crippen LogP contribution in [0.25, 0.3) is 0 Å². The van der Waals surface area contributed by atoms with Gasteiger partial charge >= 0.3 is 0 Å². The molecule has 0 amide bonds. The van der Waals surface area contributed by atoms with Crippen molar-refractivity contribution in [3.8, 4) is 11.8 Å². The van der Waals surface area contributed by atoms with Crippen LogP contribution in [-0.2, 0) is 6.42 Å². The number of nitrogens with zero attached hydrogens (tertiary/aromatic N) is 1. The van der Waals surface area contributed by atoms with Crippen LogP contribution in [0, 0.1) is 16.7 Å². The molecule has 2 heteroatoms. The van der Waals surface area contributed by atoms with Gasteiger partial charge in [0.15, 0.2) is 0 Å². The van der Waals surface area contributed by atoms with Crippen LogP contribution in [0.2, 0.25) is 0 Å². The van der Waals surface area contributed by atoms with Gasteiger partial charge in [0.1, 0.15) is 5.75 Å². The molecule has 1 aromatic rings. The van der Waals surface area contributed by atoms with Crippen molar-refractivity contribution in [2.45, 2.75) is 20.3 Å². The Balaban J connectivity index is 2.82. The van der Waals surface area contributed by atoms with Gasteiger partial charge in [0, 0.05) is 0 Å². The molecule has 1 rings (SSSR count). The first-order valence-electron chi connectivity index (χ1n) is 4.23. The van der Waals surface area contributed by atoms with E-state index in [9.17, 15) is 5.11 Å². The van der Waals surface area contributed by atoms with Crippen molar-refractivity contribution in [1.82, 2.24) is 0 Å². The SMILES string of the molecule is CC(C)(C#N)Cc1cccc(O)c1. The molecule has 0 aliphatic rings. The maximum Gasteiger partial charge on any atom is 0.115 e. The van der Waals surface area contributed by atoms with E-state index in [1.807, 2.05) is 19.9 Å². The Labute approximate surface area is 78.4 Å². The molecule has 0 radical (unpaired) electrons. The summed E-state index contributed by atoms with van der Waals surface area (Å²) >= 11 is 0. The summed E-state index contributed by atoms with van der Waals surface area (Å²) in [5.74, 6) is 0.256. The molecule has 0 saturated carbocycles. The maximum atomic E-state index is 9.20. The Hall–Kier alpha value is -1.49. The second kappa shape index (κ2) is 3.49. The van der Waals surface area contributed by atoms with E-state index < -0.39 is 0 Å². The number of hydrogen-bond donors (Lipinski definition) is 1. The molecular weight excluding hydrogens is 162 g/mol. The molecule has 0 spiro atoms. The third-order valence-electron chi connectivity index (χ3n) is 1.86. The highest BCUT2D eigenvalue weighted by atomic mass is 16.3. The number of hydrogen-bond acceptors (Lipinski definition) is 2. The van der Waals surface area contributed by atoms with Crippen molar-refractivity contribution in [2.75, 3.05) is 0 Å². The topological polar surface area (TPSA) is 44.0 Å². The van der Waals surface area contributed by atoms with Gasteiger partial charge in [-0.05, 0) is 38.0 Å². The maximum absolute atomic E-state index is 9.20. The minimum absolute atomic E-state index is 0.256. The van der Waals surface area contributed by atoms with Gasteiger partial charge in [0.05, 0.1) is 11.5 Å². The van der Waals surface area contributed by atoms with Crippen LogP contribution in [0.1, 0.15) is 19.4 Å². The summed E-state index contributed by atoms with van der Waals surface area (Å²) in [7, 11) is 0. The molecule has 0 aromatic heterocycles. The predicted octanol–water partition coefficient (Wildman–Crippen LogP) is 2.48. The highest BCUT2D eigenvalue weighted by molar-refractivity contribution is 5.28. The van der Waals surface area contributed by atoms with E-state index in [1.54, 1.807) is 18.2 Å². The number of phenolic OH excluding ortho intramolecular Hbond substituents is 1. The van der Waals surface area contributed by atoms with Crippen molar-refractivity contribution in [2.24, 2.45) is 5.41 Å². The summed E-state index contributed by atoms with van der Waals surface area (Å²) < 4.78 is 0. The summed E-state index contributed by atoms with van der Waals surface area (Å²) in [6, 6.07) is 9.25. The van der Waals surface area contributed by atoms with E-state index in [4.69, 9.17) is 5.26 Å². The van der Waals surface area contributed by atoms with Gasteiger partial charge in [0.25, 0.3) is 0 Å². The lowest BCUT2D eigenvalue weighted by Gasteiger charge is -2.14. The molecule has 13 heavy (non-hydrogen) atoms. The van der Waals surface area contributed by atoms with E-state index >= 15 is 0 Å². The first kappa shape index (κ1) is 9.60. The summed E-state index contributed by atoms with van der Waals surface area (Å²) in [5.41, 5.74) is 0.625. The van der Waals surface area contributed by atoms with Crippen molar-refractivity contribution < 1.29 is 5.11 Å². The zero-order valence-corrected chi connectivity index (χ0v) is 7.91. The molecule has 2 nitrogen and oxygen atoms in total. The fourth-order valence-electron chi connectivity index (χ4n) is 1.22. The van der Waals surface area contributed by atoms with Gasteiger partial charge < -0.3 is 5.11 Å². The van der Waals surface area contributed by atoms with Gasteiger partial charge in [-0.25, -0.2) is 0 Å². The average molecular weight is 175 g/mol. The minimum atomic E-state index is -0.367. The second-order valence-corrected chi connectivity index (χ2v) is 3.84. The Kier molecular flexibility index (Phi) is 2.57. The van der Waals surface area contributed by atoms with Crippen molar-refractivity contribution in [3.63, 3.8) is 0 Å². The van der Waals surface area contributed by atoms with Gasteiger partial charge in [-0.2, -0.15) is 5.26 Å². The van der Waals surface area contributed by atoms with E-state index in [0.717, 1.165) is 5.56 Å². The van der Waals surface area contributed by atoms with E-state index in [-0.39, 0.29) is 11.2 Å². The van der Waals surface area contributed by atoms with E-state index in [0.29, 0.717) is 6.42 Å². The third-order valence-corrected chi connectivity index (χ3v) is 1.86. The van der Waals surface area contributed by atoms with Crippen LogP contribution in [-0.4, -0.2) is 5.11 Å². The molecule has 0 fully saturated rings. The van der Waals surface area contributed by atoms with Crippen LogP contribution in [0.15, 0.2) is 24.3 Å². The molecule has 68 valence electrons. The van der Waals surface area contributed by atoms with Crippen LogP contribution < -0.4 is 0 Å². The number of phenols is 1. The Morgan fingerprint density at radius 2 is 2.15 bits per heavy atom. The summed E-state index contributed by atoms with van der Waals surface area (Å²) in [5, 5.41) is 18.0. The zero-order valence-electron chi connectivity index (χ0n) is 7.91. The van der Waals surface area contributed by atoms with Crippen LogP contribution in [0.4, 0.5) is 0 Å². The highest BCUT2D eigenvalue weighted by Crippen LogP contribution is 2.22. The summed E-state index contributed by atoms with van der Waals surface area (Å²) in [6.45, 7) is 3.77. The van der Waals surface area contributed by atoms with Crippen LogP contribution in [0.3, 0.4) is 0 Å². The quantitative estimate of drug-likeness (QED) is 0.750. The normalized spacial score (nSPS) is 10.8. The number of rotatable bonds is 2. The second-order valence-electron chi connectivity index (χ2n) is 3.84. The number of aromatic hydroxyl groups is 1. The molecule has 0 unspecified atom stereocenters. The molecule has 0 saturated heterocycles. The largest absolute Gasteiger partial charge is 0.508 e. The smallest absolute Gasteiger partial charge is 0.115 e. The highest BCUT2D eigenvalue weighted by Gasteiger charge is 2.17. The molecule has 1 aromatic carbocycles. The molecule has 0 aliphatic heterocycles. The fraction of sp³-hybridized carbons (Fsp3) is 0.364. The molecule has 0 bridgehead atoms. The third kappa shape index (κ3) is 2.79. The van der Waals surface area contributed by atoms with E-state index in [1.165, 1.54) is 0 Å². The molecule has 0 heterocycles. The standard InChI is InChI=1S/C11H13NO/c1-11(2,8-12)7-9-4-3-5-10(13)6-9/h3-6,13H,7H2,1-2H3. The van der Waals surface area contributed by atoms with Gasteiger partial charge in [-0.3, -0.25) is 0 Å². The van der Waals surface area contributed by atoms with Crippen molar-refractivity contribution in [1.29, 1.82) is 5.26 Å². The lowest BCUT2D eigenvalue weighted by molar-refractivity contribution is 0.468. The number of nitriles is 1. The molecule has 1 N–H and O–H groups in total. The van der Waals surface area contributed by atoms with Gasteiger partial charge in [-0.1, -0.05) is 12.1 Å².